The zero-order chi connectivity index (χ0) is 15.4. The van der Waals surface area contributed by atoms with Gasteiger partial charge in [-0.25, -0.2) is 0 Å². The Kier molecular flexibility index (Phi) is 5.36. The highest BCUT2D eigenvalue weighted by Gasteiger charge is 2.32. The second kappa shape index (κ2) is 7.04. The van der Waals surface area contributed by atoms with Gasteiger partial charge in [-0.1, -0.05) is 0 Å². The lowest BCUT2D eigenvalue weighted by molar-refractivity contribution is -0.122. The number of aryl methyl sites for hydroxylation is 2. The summed E-state index contributed by atoms with van der Waals surface area (Å²) < 4.78 is 5.70. The molecule has 2 atom stereocenters. The van der Waals surface area contributed by atoms with Gasteiger partial charge in [-0.2, -0.15) is 5.10 Å². The number of likely N-dealkylation sites (N-methyl/N-ethyl adjacent to an activating group) is 1. The predicted molar refractivity (Wildman–Crippen MR) is 81.2 cm³/mol. The maximum atomic E-state index is 12.1. The first-order chi connectivity index (χ1) is 10.0. The molecule has 1 amide bonds. The third kappa shape index (κ3) is 4.04. The quantitative estimate of drug-likeness (QED) is 0.814. The molecule has 1 aromatic rings. The number of amides is 1. The molecule has 0 aromatic carbocycles. The summed E-state index contributed by atoms with van der Waals surface area (Å²) in [6.45, 7) is 8.40. The zero-order valence-electron chi connectivity index (χ0n) is 13.4. The largest absolute Gasteiger partial charge is 0.375 e. The van der Waals surface area contributed by atoms with Gasteiger partial charge in [0.2, 0.25) is 5.91 Å². The van der Waals surface area contributed by atoms with E-state index in [9.17, 15) is 4.79 Å². The van der Waals surface area contributed by atoms with Crippen molar-refractivity contribution >= 4 is 5.91 Å². The van der Waals surface area contributed by atoms with Crippen LogP contribution in [0.4, 0.5) is 0 Å². The molecule has 0 radical (unpaired) electrons. The van der Waals surface area contributed by atoms with E-state index >= 15 is 0 Å². The lowest BCUT2D eigenvalue weighted by Crippen LogP contribution is -2.44. The van der Waals surface area contributed by atoms with Crippen LogP contribution in [0, 0.1) is 13.8 Å². The van der Waals surface area contributed by atoms with Gasteiger partial charge in [0.1, 0.15) is 0 Å². The summed E-state index contributed by atoms with van der Waals surface area (Å²) >= 11 is 0. The Morgan fingerprint density at radius 1 is 1.48 bits per heavy atom. The normalized spacial score (nSPS) is 22.7. The molecule has 1 fully saturated rings. The number of hydrogen-bond donors (Lipinski definition) is 2. The van der Waals surface area contributed by atoms with E-state index in [1.807, 2.05) is 27.8 Å². The van der Waals surface area contributed by atoms with Crippen molar-refractivity contribution in [2.24, 2.45) is 0 Å². The Morgan fingerprint density at radius 3 is 2.86 bits per heavy atom. The fourth-order valence-electron chi connectivity index (χ4n) is 2.77. The fraction of sp³-hybridized carbons (Fsp3) is 0.733. The van der Waals surface area contributed by atoms with Gasteiger partial charge < -0.3 is 15.0 Å². The monoisotopic (exact) mass is 294 g/mol. The molecule has 0 spiro atoms. The van der Waals surface area contributed by atoms with Gasteiger partial charge in [0.15, 0.2) is 0 Å². The van der Waals surface area contributed by atoms with Gasteiger partial charge in [0.25, 0.3) is 0 Å². The van der Waals surface area contributed by atoms with Gasteiger partial charge in [-0.3, -0.25) is 9.89 Å². The number of carbonyl (C=O) groups excluding carboxylic acids is 1. The highest BCUT2D eigenvalue weighted by Crippen LogP contribution is 2.13. The van der Waals surface area contributed by atoms with Gasteiger partial charge in [-0.05, 0) is 33.4 Å². The van der Waals surface area contributed by atoms with Gasteiger partial charge in [0.05, 0.1) is 17.8 Å². The second-order valence-electron chi connectivity index (χ2n) is 5.81. The van der Waals surface area contributed by atoms with E-state index in [0.717, 1.165) is 30.0 Å². The van der Waals surface area contributed by atoms with Crippen molar-refractivity contribution in [1.82, 2.24) is 20.4 Å². The molecule has 0 aliphatic carbocycles. The lowest BCUT2D eigenvalue weighted by Gasteiger charge is -2.19. The molecule has 2 N–H and O–H groups in total. The summed E-state index contributed by atoms with van der Waals surface area (Å²) in [7, 11) is 2.05. The van der Waals surface area contributed by atoms with E-state index in [0.29, 0.717) is 19.4 Å². The first-order valence-electron chi connectivity index (χ1n) is 7.61. The Hall–Kier alpha value is -1.40. The van der Waals surface area contributed by atoms with Crippen LogP contribution in [0.3, 0.4) is 0 Å². The van der Waals surface area contributed by atoms with Crippen LogP contribution < -0.4 is 5.32 Å². The summed E-state index contributed by atoms with van der Waals surface area (Å²) in [5.74, 6) is 0.0695. The average molecular weight is 294 g/mol. The van der Waals surface area contributed by atoms with E-state index in [1.165, 1.54) is 0 Å². The van der Waals surface area contributed by atoms with Crippen LogP contribution in [0.1, 0.15) is 30.3 Å². The van der Waals surface area contributed by atoms with Crippen molar-refractivity contribution in [2.45, 2.75) is 45.8 Å². The average Bonchev–Trinajstić information content (AvgIpc) is 2.93. The number of nitrogens with one attached hydrogen (secondary N) is 2. The molecular weight excluding hydrogens is 268 g/mol. The van der Waals surface area contributed by atoms with Crippen LogP contribution in [0.25, 0.3) is 0 Å². The first-order valence-corrected chi connectivity index (χ1v) is 7.61. The second-order valence-corrected chi connectivity index (χ2v) is 5.81. The molecule has 6 nitrogen and oxygen atoms in total. The summed E-state index contributed by atoms with van der Waals surface area (Å²) in [4.78, 5) is 14.3. The highest BCUT2D eigenvalue weighted by molar-refractivity contribution is 5.76. The van der Waals surface area contributed by atoms with E-state index in [-0.39, 0.29) is 18.1 Å². The predicted octanol–water partition coefficient (Wildman–Crippen LogP) is 0.794. The molecule has 0 bridgehead atoms. The summed E-state index contributed by atoms with van der Waals surface area (Å²) in [5, 5.41) is 10.3. The number of aromatic amines is 1. The molecule has 0 saturated carbocycles. The van der Waals surface area contributed by atoms with Crippen molar-refractivity contribution in [3.63, 3.8) is 0 Å². The maximum absolute atomic E-state index is 12.1. The molecule has 6 heteroatoms. The molecule has 21 heavy (non-hydrogen) atoms. The van der Waals surface area contributed by atoms with Gasteiger partial charge in [-0.15, -0.1) is 0 Å². The number of ether oxygens (including phenoxy) is 1. The van der Waals surface area contributed by atoms with Crippen LogP contribution in [0.5, 0.6) is 0 Å². The van der Waals surface area contributed by atoms with Crippen LogP contribution >= 0.6 is 0 Å². The van der Waals surface area contributed by atoms with Crippen LogP contribution in [0.15, 0.2) is 0 Å². The SMILES string of the molecule is CCO[C@H]1CN(C)C[C@@H]1NC(=O)CCc1n[nH]c(C)c1C. The number of aromatic nitrogens is 2. The third-order valence-electron chi connectivity index (χ3n) is 4.12. The molecule has 1 aromatic heterocycles. The molecule has 1 aliphatic heterocycles. The molecule has 1 saturated heterocycles. The van der Waals surface area contributed by atoms with E-state index in [1.54, 1.807) is 0 Å². The van der Waals surface area contributed by atoms with Crippen molar-refractivity contribution in [2.75, 3.05) is 26.7 Å². The third-order valence-corrected chi connectivity index (χ3v) is 4.12. The number of hydrogen-bond acceptors (Lipinski definition) is 4. The summed E-state index contributed by atoms with van der Waals surface area (Å²) in [5.41, 5.74) is 3.20. The molecule has 118 valence electrons. The Labute approximate surface area is 126 Å². The fourth-order valence-corrected chi connectivity index (χ4v) is 2.77. The highest BCUT2D eigenvalue weighted by atomic mass is 16.5. The van der Waals surface area contributed by atoms with Gasteiger partial charge in [0, 0.05) is 38.2 Å². The molecule has 1 aliphatic rings. The topological polar surface area (TPSA) is 70.2 Å². The Morgan fingerprint density at radius 2 is 2.24 bits per heavy atom. The van der Waals surface area contributed by atoms with Crippen LogP contribution in [0.2, 0.25) is 0 Å². The first kappa shape index (κ1) is 16.0. The van der Waals surface area contributed by atoms with Crippen LogP contribution in [-0.2, 0) is 16.0 Å². The van der Waals surface area contributed by atoms with Crippen molar-refractivity contribution in [1.29, 1.82) is 0 Å². The number of carbonyl (C=O) groups is 1. The van der Waals surface area contributed by atoms with E-state index in [2.05, 4.69) is 20.4 Å². The Bertz CT molecular complexity index is 486. The summed E-state index contributed by atoms with van der Waals surface area (Å²) in [6, 6.07) is 0.0875. The smallest absolute Gasteiger partial charge is 0.220 e. The van der Waals surface area contributed by atoms with Crippen molar-refractivity contribution < 1.29 is 9.53 Å². The zero-order valence-corrected chi connectivity index (χ0v) is 13.4. The minimum Gasteiger partial charge on any atom is -0.375 e. The summed E-state index contributed by atoms with van der Waals surface area (Å²) in [6.07, 6.45) is 1.23. The number of nitrogens with zero attached hydrogens (tertiary/aromatic N) is 2. The molecule has 2 heterocycles. The number of likely N-dealkylation sites (tertiary alicyclic amines) is 1. The Balaban J connectivity index is 1.82. The molecule has 0 unspecified atom stereocenters. The standard InChI is InChI=1S/C15H26N4O2/c1-5-21-14-9-19(4)8-13(14)16-15(20)7-6-12-10(2)11(3)17-18-12/h13-14H,5-9H2,1-4H3,(H,16,20)(H,17,18)/t13-,14-/m0/s1. The minimum absolute atomic E-state index is 0.0695. The number of H-pyrrole nitrogens is 1. The van der Waals surface area contributed by atoms with E-state index < -0.39 is 0 Å². The van der Waals surface area contributed by atoms with Crippen molar-refractivity contribution in [3.05, 3.63) is 17.0 Å². The lowest BCUT2D eigenvalue weighted by atomic mass is 10.1. The number of rotatable bonds is 6. The van der Waals surface area contributed by atoms with Crippen molar-refractivity contribution in [3.8, 4) is 0 Å². The maximum Gasteiger partial charge on any atom is 0.220 e. The minimum atomic E-state index is 0.0695. The van der Waals surface area contributed by atoms with Crippen LogP contribution in [-0.4, -0.2) is 59.9 Å². The molecule has 2 rings (SSSR count). The van der Waals surface area contributed by atoms with E-state index in [4.69, 9.17) is 4.74 Å². The molecular formula is C15H26N4O2. The van der Waals surface area contributed by atoms with Gasteiger partial charge >= 0.3 is 0 Å².